The Hall–Kier alpha value is -1.07. The highest BCUT2D eigenvalue weighted by Gasteiger charge is 2.36. The van der Waals surface area contributed by atoms with Crippen LogP contribution in [0.3, 0.4) is 0 Å². The summed E-state index contributed by atoms with van der Waals surface area (Å²) in [6.07, 6.45) is 3.58. The Morgan fingerprint density at radius 3 is 3.00 bits per heavy atom. The van der Waals surface area contributed by atoms with Gasteiger partial charge in [0.2, 0.25) is 5.91 Å². The fourth-order valence-corrected chi connectivity index (χ4v) is 2.18. The van der Waals surface area contributed by atoms with E-state index < -0.39 is 0 Å². The van der Waals surface area contributed by atoms with Gasteiger partial charge in [0.15, 0.2) is 0 Å². The molecule has 2 atom stereocenters. The minimum Gasteiger partial charge on any atom is -0.377 e. The number of halogens is 1. The lowest BCUT2D eigenvalue weighted by Gasteiger charge is -2.16. The van der Waals surface area contributed by atoms with Crippen molar-refractivity contribution in [3.05, 3.63) is 18.5 Å². The Morgan fingerprint density at radius 1 is 1.62 bits per heavy atom. The zero-order chi connectivity index (χ0) is 11.5. The van der Waals surface area contributed by atoms with E-state index in [4.69, 9.17) is 16.3 Å². The molecule has 2 heterocycles. The number of carbonyl (C=O) groups excluding carboxylic acids is 1. The molecule has 1 aromatic heterocycles. The second-order valence-corrected chi connectivity index (χ2v) is 4.03. The van der Waals surface area contributed by atoms with Crippen molar-refractivity contribution in [2.24, 2.45) is 0 Å². The minimum absolute atomic E-state index is 0.0161. The second-order valence-electron chi connectivity index (χ2n) is 3.76. The average molecular weight is 244 g/mol. The van der Waals surface area contributed by atoms with Crippen LogP contribution in [0, 0.1) is 0 Å². The van der Waals surface area contributed by atoms with Gasteiger partial charge in [-0.2, -0.15) is 5.10 Å². The topological polar surface area (TPSA) is 47.4 Å². The normalized spacial score (nSPS) is 25.0. The molecule has 1 amide bonds. The molecule has 2 rings (SSSR count). The van der Waals surface area contributed by atoms with Gasteiger partial charge in [0.25, 0.3) is 0 Å². The number of rotatable bonds is 3. The van der Waals surface area contributed by atoms with E-state index in [1.54, 1.807) is 18.2 Å². The van der Waals surface area contributed by atoms with E-state index >= 15 is 0 Å². The molecule has 0 spiro atoms. The predicted octanol–water partition coefficient (Wildman–Crippen LogP) is 0.520. The van der Waals surface area contributed by atoms with Gasteiger partial charge in [0.1, 0.15) is 5.88 Å². The number of hydrogen-bond donors (Lipinski definition) is 0. The molecule has 16 heavy (non-hydrogen) atoms. The van der Waals surface area contributed by atoms with E-state index in [0.29, 0.717) is 13.1 Å². The Morgan fingerprint density at radius 2 is 2.44 bits per heavy atom. The third-order valence-electron chi connectivity index (χ3n) is 2.87. The van der Waals surface area contributed by atoms with Crippen LogP contribution in [-0.4, -0.2) is 52.8 Å². The van der Waals surface area contributed by atoms with E-state index in [-0.39, 0.29) is 23.9 Å². The van der Waals surface area contributed by atoms with Gasteiger partial charge in [-0.3, -0.25) is 9.48 Å². The van der Waals surface area contributed by atoms with E-state index in [1.807, 2.05) is 16.9 Å². The van der Waals surface area contributed by atoms with Crippen molar-refractivity contribution in [1.29, 1.82) is 0 Å². The molecule has 1 saturated heterocycles. The summed E-state index contributed by atoms with van der Waals surface area (Å²) in [4.78, 5) is 13.2. The van der Waals surface area contributed by atoms with Crippen LogP contribution >= 0.6 is 11.6 Å². The van der Waals surface area contributed by atoms with Gasteiger partial charge in [-0.25, -0.2) is 0 Å². The van der Waals surface area contributed by atoms with Gasteiger partial charge in [0.05, 0.1) is 12.1 Å². The maximum Gasteiger partial charge on any atom is 0.237 e. The van der Waals surface area contributed by atoms with E-state index in [9.17, 15) is 4.79 Å². The monoisotopic (exact) mass is 243 g/mol. The number of amides is 1. The van der Waals surface area contributed by atoms with E-state index in [0.717, 1.165) is 0 Å². The molecule has 1 aliphatic heterocycles. The van der Waals surface area contributed by atoms with Crippen molar-refractivity contribution in [2.75, 3.05) is 26.1 Å². The van der Waals surface area contributed by atoms with Gasteiger partial charge in [0, 0.05) is 32.6 Å². The zero-order valence-electron chi connectivity index (χ0n) is 9.04. The molecule has 0 unspecified atom stereocenters. The zero-order valence-corrected chi connectivity index (χ0v) is 9.80. The molecule has 0 N–H and O–H groups in total. The Bertz CT molecular complexity index is 355. The second kappa shape index (κ2) is 4.84. The standard InChI is InChI=1S/C10H14ClN3O2/c1-16-9-7-13(10(15)5-11)6-8(9)14-4-2-3-12-14/h2-4,8-9H,5-7H2,1H3/t8-,9+/m1/s1. The summed E-state index contributed by atoms with van der Waals surface area (Å²) in [6, 6.07) is 1.94. The van der Waals surface area contributed by atoms with Crippen molar-refractivity contribution >= 4 is 17.5 Å². The lowest BCUT2D eigenvalue weighted by Crippen LogP contribution is -2.30. The third-order valence-corrected chi connectivity index (χ3v) is 3.10. The smallest absolute Gasteiger partial charge is 0.237 e. The predicted molar refractivity (Wildman–Crippen MR) is 59.4 cm³/mol. The van der Waals surface area contributed by atoms with Crippen LogP contribution in [0.1, 0.15) is 6.04 Å². The van der Waals surface area contributed by atoms with Crippen molar-refractivity contribution in [2.45, 2.75) is 12.1 Å². The highest BCUT2D eigenvalue weighted by molar-refractivity contribution is 6.27. The number of nitrogens with zero attached hydrogens (tertiary/aromatic N) is 3. The first-order valence-electron chi connectivity index (χ1n) is 5.12. The SMILES string of the molecule is CO[C@H]1CN(C(=O)CCl)C[C@H]1n1cccn1. The molecule has 0 aromatic carbocycles. The summed E-state index contributed by atoms with van der Waals surface area (Å²) in [5.74, 6) is -0.0409. The first-order valence-corrected chi connectivity index (χ1v) is 5.65. The lowest BCUT2D eigenvalue weighted by molar-refractivity contribution is -0.127. The van der Waals surface area contributed by atoms with Gasteiger partial charge in [-0.15, -0.1) is 11.6 Å². The number of hydrogen-bond acceptors (Lipinski definition) is 3. The van der Waals surface area contributed by atoms with Gasteiger partial charge in [-0.1, -0.05) is 0 Å². The highest BCUT2D eigenvalue weighted by atomic mass is 35.5. The fraction of sp³-hybridized carbons (Fsp3) is 0.600. The van der Waals surface area contributed by atoms with Gasteiger partial charge >= 0.3 is 0 Å². The van der Waals surface area contributed by atoms with Crippen LogP contribution in [0.2, 0.25) is 0 Å². The average Bonchev–Trinajstić information content (AvgIpc) is 2.95. The number of methoxy groups -OCH3 is 1. The molecule has 5 nitrogen and oxygen atoms in total. The molecule has 6 heteroatoms. The van der Waals surface area contributed by atoms with Crippen LogP contribution in [-0.2, 0) is 9.53 Å². The van der Waals surface area contributed by atoms with Crippen molar-refractivity contribution in [1.82, 2.24) is 14.7 Å². The minimum atomic E-state index is -0.0571. The number of alkyl halides is 1. The van der Waals surface area contributed by atoms with Crippen LogP contribution in [0.25, 0.3) is 0 Å². The number of likely N-dealkylation sites (tertiary alicyclic amines) is 1. The molecule has 1 fully saturated rings. The summed E-state index contributed by atoms with van der Waals surface area (Å²) in [5, 5.41) is 4.18. The molecule has 0 aliphatic carbocycles. The summed E-state index contributed by atoms with van der Waals surface area (Å²) < 4.78 is 7.20. The quantitative estimate of drug-likeness (QED) is 0.728. The maximum absolute atomic E-state index is 11.5. The molecule has 88 valence electrons. The highest BCUT2D eigenvalue weighted by Crippen LogP contribution is 2.23. The first-order chi connectivity index (χ1) is 7.76. The van der Waals surface area contributed by atoms with Crippen LogP contribution < -0.4 is 0 Å². The van der Waals surface area contributed by atoms with E-state index in [1.165, 1.54) is 0 Å². The first kappa shape index (κ1) is 11.4. The Kier molecular flexibility index (Phi) is 3.46. The Balaban J connectivity index is 2.11. The van der Waals surface area contributed by atoms with Crippen LogP contribution in [0.15, 0.2) is 18.5 Å². The maximum atomic E-state index is 11.5. The Labute approximate surface area is 98.9 Å². The van der Waals surface area contributed by atoms with Gasteiger partial charge in [-0.05, 0) is 6.07 Å². The van der Waals surface area contributed by atoms with Gasteiger partial charge < -0.3 is 9.64 Å². The molecule has 0 saturated carbocycles. The van der Waals surface area contributed by atoms with Crippen molar-refractivity contribution in [3.8, 4) is 0 Å². The van der Waals surface area contributed by atoms with Crippen LogP contribution in [0.4, 0.5) is 0 Å². The van der Waals surface area contributed by atoms with Crippen molar-refractivity contribution in [3.63, 3.8) is 0 Å². The molecule has 1 aliphatic rings. The van der Waals surface area contributed by atoms with Crippen LogP contribution in [0.5, 0.6) is 0 Å². The summed E-state index contributed by atoms with van der Waals surface area (Å²) >= 11 is 5.54. The summed E-state index contributed by atoms with van der Waals surface area (Å²) in [7, 11) is 1.65. The molecule has 0 radical (unpaired) electrons. The molecular formula is C10H14ClN3O2. The number of carbonyl (C=O) groups is 1. The summed E-state index contributed by atoms with van der Waals surface area (Å²) in [5.41, 5.74) is 0. The summed E-state index contributed by atoms with van der Waals surface area (Å²) in [6.45, 7) is 1.18. The van der Waals surface area contributed by atoms with Crippen molar-refractivity contribution < 1.29 is 9.53 Å². The molecule has 0 bridgehead atoms. The number of ether oxygens (including phenoxy) is 1. The third kappa shape index (κ3) is 2.05. The molecule has 1 aromatic rings. The fourth-order valence-electron chi connectivity index (χ4n) is 2.01. The largest absolute Gasteiger partial charge is 0.377 e. The molecular weight excluding hydrogens is 230 g/mol. The number of aromatic nitrogens is 2. The lowest BCUT2D eigenvalue weighted by atomic mass is 10.2. The van der Waals surface area contributed by atoms with E-state index in [2.05, 4.69) is 5.10 Å².